The molecule has 1 amide bonds. The van der Waals surface area contributed by atoms with Gasteiger partial charge in [-0.2, -0.15) is 5.10 Å². The molecule has 2 rings (SSSR count). The van der Waals surface area contributed by atoms with Crippen molar-refractivity contribution in [3.63, 3.8) is 0 Å². The molecule has 19 heavy (non-hydrogen) atoms. The van der Waals surface area contributed by atoms with Gasteiger partial charge in [0.2, 0.25) is 0 Å². The van der Waals surface area contributed by atoms with Gasteiger partial charge in [0.15, 0.2) is 5.82 Å². The van der Waals surface area contributed by atoms with Crippen molar-refractivity contribution in [2.24, 2.45) is 0 Å². The number of nitrogens with zero attached hydrogens (tertiary/aromatic N) is 3. The molecule has 5 nitrogen and oxygen atoms in total. The number of amides is 1. The second kappa shape index (κ2) is 5.65. The van der Waals surface area contributed by atoms with Gasteiger partial charge in [-0.15, -0.1) is 0 Å². The number of carbonyl (C=O) groups excluding carboxylic acids is 1. The largest absolute Gasteiger partial charge is 0.334 e. The van der Waals surface area contributed by atoms with Gasteiger partial charge in [-0.1, -0.05) is 19.1 Å². The SMILES string of the molecule is CCc1ccc(C(=O)N(C)Cc2n[nH]c(C)n2)cc1. The summed E-state index contributed by atoms with van der Waals surface area (Å²) < 4.78 is 0. The molecule has 100 valence electrons. The van der Waals surface area contributed by atoms with Gasteiger partial charge < -0.3 is 4.90 Å². The highest BCUT2D eigenvalue weighted by Gasteiger charge is 2.13. The Morgan fingerprint density at radius 2 is 2.00 bits per heavy atom. The van der Waals surface area contributed by atoms with Crippen molar-refractivity contribution in [3.8, 4) is 0 Å². The topological polar surface area (TPSA) is 61.9 Å². The number of hydrogen-bond acceptors (Lipinski definition) is 3. The summed E-state index contributed by atoms with van der Waals surface area (Å²) >= 11 is 0. The summed E-state index contributed by atoms with van der Waals surface area (Å²) in [7, 11) is 1.75. The zero-order valence-corrected chi connectivity index (χ0v) is 11.5. The number of aromatic nitrogens is 3. The predicted molar refractivity (Wildman–Crippen MR) is 72.7 cm³/mol. The molecule has 1 heterocycles. The first-order valence-corrected chi connectivity index (χ1v) is 6.32. The molecule has 0 unspecified atom stereocenters. The average molecular weight is 258 g/mol. The van der Waals surface area contributed by atoms with Gasteiger partial charge in [-0.3, -0.25) is 9.89 Å². The van der Waals surface area contributed by atoms with E-state index in [4.69, 9.17) is 0 Å². The number of aryl methyl sites for hydroxylation is 2. The third kappa shape index (κ3) is 3.19. The number of carbonyl (C=O) groups is 1. The Bertz CT molecular complexity index is 559. The smallest absolute Gasteiger partial charge is 0.254 e. The maximum absolute atomic E-state index is 12.2. The second-order valence-corrected chi connectivity index (χ2v) is 4.55. The van der Waals surface area contributed by atoms with E-state index in [0.717, 1.165) is 12.2 Å². The van der Waals surface area contributed by atoms with Crippen molar-refractivity contribution in [1.29, 1.82) is 0 Å². The van der Waals surface area contributed by atoms with Crippen molar-refractivity contribution in [1.82, 2.24) is 20.1 Å². The fraction of sp³-hybridized carbons (Fsp3) is 0.357. The molecule has 0 aliphatic carbocycles. The van der Waals surface area contributed by atoms with Crippen molar-refractivity contribution >= 4 is 5.91 Å². The Morgan fingerprint density at radius 3 is 2.53 bits per heavy atom. The lowest BCUT2D eigenvalue weighted by atomic mass is 10.1. The van der Waals surface area contributed by atoms with Gasteiger partial charge in [0.1, 0.15) is 5.82 Å². The molecule has 1 aromatic heterocycles. The minimum Gasteiger partial charge on any atom is -0.334 e. The number of rotatable bonds is 4. The quantitative estimate of drug-likeness (QED) is 0.911. The third-order valence-corrected chi connectivity index (χ3v) is 2.98. The van der Waals surface area contributed by atoms with Gasteiger partial charge in [0, 0.05) is 12.6 Å². The fourth-order valence-electron chi connectivity index (χ4n) is 1.85. The second-order valence-electron chi connectivity index (χ2n) is 4.55. The van der Waals surface area contributed by atoms with Crippen LogP contribution in [0.1, 0.15) is 34.5 Å². The van der Waals surface area contributed by atoms with Gasteiger partial charge in [-0.25, -0.2) is 4.98 Å². The van der Waals surface area contributed by atoms with Crippen LogP contribution in [0.4, 0.5) is 0 Å². The maximum Gasteiger partial charge on any atom is 0.254 e. The molecule has 0 radical (unpaired) electrons. The first kappa shape index (κ1) is 13.3. The Balaban J connectivity index is 2.05. The molecule has 0 saturated heterocycles. The van der Waals surface area contributed by atoms with Crippen molar-refractivity contribution < 1.29 is 4.79 Å². The molecular formula is C14H18N4O. The normalized spacial score (nSPS) is 10.5. The Hall–Kier alpha value is -2.17. The van der Waals surface area contributed by atoms with E-state index < -0.39 is 0 Å². The van der Waals surface area contributed by atoms with E-state index >= 15 is 0 Å². The highest BCUT2D eigenvalue weighted by Crippen LogP contribution is 2.09. The lowest BCUT2D eigenvalue weighted by molar-refractivity contribution is 0.0781. The molecule has 0 atom stereocenters. The van der Waals surface area contributed by atoms with Crippen molar-refractivity contribution in [3.05, 3.63) is 47.0 Å². The maximum atomic E-state index is 12.2. The molecule has 1 aromatic carbocycles. The van der Waals surface area contributed by atoms with Crippen molar-refractivity contribution in [2.75, 3.05) is 7.05 Å². The molecule has 0 aliphatic rings. The molecule has 0 saturated carbocycles. The molecule has 5 heteroatoms. The number of hydrogen-bond donors (Lipinski definition) is 1. The third-order valence-electron chi connectivity index (χ3n) is 2.98. The summed E-state index contributed by atoms with van der Waals surface area (Å²) in [6.07, 6.45) is 0.973. The predicted octanol–water partition coefficient (Wildman–Crippen LogP) is 1.95. The summed E-state index contributed by atoms with van der Waals surface area (Å²) in [5.74, 6) is 1.35. The van der Waals surface area contributed by atoms with Crippen LogP contribution in [-0.2, 0) is 13.0 Å². The fourth-order valence-corrected chi connectivity index (χ4v) is 1.85. The summed E-state index contributed by atoms with van der Waals surface area (Å²) in [5.41, 5.74) is 1.91. The van der Waals surface area contributed by atoms with E-state index in [1.807, 2.05) is 31.2 Å². The summed E-state index contributed by atoms with van der Waals surface area (Å²) in [4.78, 5) is 18.0. The average Bonchev–Trinajstić information content (AvgIpc) is 2.83. The minimum absolute atomic E-state index is 0.0230. The summed E-state index contributed by atoms with van der Waals surface area (Å²) in [6, 6.07) is 7.69. The molecule has 0 aliphatic heterocycles. The summed E-state index contributed by atoms with van der Waals surface area (Å²) in [6.45, 7) is 4.33. The monoisotopic (exact) mass is 258 g/mol. The van der Waals surface area contributed by atoms with Crippen LogP contribution < -0.4 is 0 Å². The minimum atomic E-state index is -0.0230. The Labute approximate surface area is 112 Å². The van der Waals surface area contributed by atoms with E-state index in [1.165, 1.54) is 5.56 Å². The van der Waals surface area contributed by atoms with Crippen LogP contribution in [0.5, 0.6) is 0 Å². The lowest BCUT2D eigenvalue weighted by Gasteiger charge is -2.15. The Kier molecular flexibility index (Phi) is 3.94. The molecule has 0 bridgehead atoms. The first-order valence-electron chi connectivity index (χ1n) is 6.32. The standard InChI is InChI=1S/C14H18N4O/c1-4-11-5-7-12(8-6-11)14(19)18(3)9-13-15-10(2)16-17-13/h5-8H,4,9H2,1-3H3,(H,15,16,17). The highest BCUT2D eigenvalue weighted by atomic mass is 16.2. The number of aromatic amines is 1. The first-order chi connectivity index (χ1) is 9.10. The van der Waals surface area contributed by atoms with E-state index in [0.29, 0.717) is 17.9 Å². The van der Waals surface area contributed by atoms with Crippen LogP contribution in [0.2, 0.25) is 0 Å². The van der Waals surface area contributed by atoms with E-state index in [-0.39, 0.29) is 5.91 Å². The van der Waals surface area contributed by atoms with Crippen LogP contribution in [0.25, 0.3) is 0 Å². The van der Waals surface area contributed by atoms with E-state index in [9.17, 15) is 4.79 Å². The number of benzene rings is 1. The molecule has 1 N–H and O–H groups in total. The van der Waals surface area contributed by atoms with Crippen LogP contribution in [0, 0.1) is 6.92 Å². The van der Waals surface area contributed by atoms with E-state index in [1.54, 1.807) is 11.9 Å². The van der Waals surface area contributed by atoms with Crippen LogP contribution in [0.3, 0.4) is 0 Å². The number of nitrogens with one attached hydrogen (secondary N) is 1. The molecular weight excluding hydrogens is 240 g/mol. The van der Waals surface area contributed by atoms with Gasteiger partial charge in [0.05, 0.1) is 6.54 Å². The number of H-pyrrole nitrogens is 1. The van der Waals surface area contributed by atoms with Gasteiger partial charge in [-0.05, 0) is 31.0 Å². The van der Waals surface area contributed by atoms with Gasteiger partial charge >= 0.3 is 0 Å². The zero-order chi connectivity index (χ0) is 13.8. The zero-order valence-electron chi connectivity index (χ0n) is 11.5. The van der Waals surface area contributed by atoms with Crippen LogP contribution >= 0.6 is 0 Å². The van der Waals surface area contributed by atoms with E-state index in [2.05, 4.69) is 22.1 Å². The summed E-state index contributed by atoms with van der Waals surface area (Å²) in [5, 5.41) is 6.80. The molecule has 2 aromatic rings. The van der Waals surface area contributed by atoms with Gasteiger partial charge in [0.25, 0.3) is 5.91 Å². The highest BCUT2D eigenvalue weighted by molar-refractivity contribution is 5.94. The molecule has 0 spiro atoms. The van der Waals surface area contributed by atoms with Crippen molar-refractivity contribution in [2.45, 2.75) is 26.8 Å². The van der Waals surface area contributed by atoms with Crippen LogP contribution in [-0.4, -0.2) is 33.0 Å². The van der Waals surface area contributed by atoms with Crippen LogP contribution in [0.15, 0.2) is 24.3 Å². The lowest BCUT2D eigenvalue weighted by Crippen LogP contribution is -2.26. The molecule has 0 fully saturated rings. The Morgan fingerprint density at radius 1 is 1.32 bits per heavy atom.